The average Bonchev–Trinajstić information content (AvgIpc) is 3.19. The third-order valence-electron chi connectivity index (χ3n) is 5.78. The maximum atomic E-state index is 12.9. The van der Waals surface area contributed by atoms with Crippen molar-refractivity contribution in [2.75, 3.05) is 44.2 Å². The molecule has 0 bridgehead atoms. The molecule has 0 N–H and O–H groups in total. The number of carbonyl (C=O) groups excluding carboxylic acids is 1. The smallest absolute Gasteiger partial charge is 0.246 e. The number of sulfonamides is 1. The van der Waals surface area contributed by atoms with Crippen LogP contribution in [0.3, 0.4) is 0 Å². The van der Waals surface area contributed by atoms with Gasteiger partial charge in [0.05, 0.1) is 4.90 Å². The van der Waals surface area contributed by atoms with Gasteiger partial charge in [0.1, 0.15) is 0 Å². The van der Waals surface area contributed by atoms with Crippen molar-refractivity contribution in [3.05, 3.63) is 47.5 Å². The Morgan fingerprint density at radius 1 is 0.935 bits per heavy atom. The second-order valence-corrected chi connectivity index (χ2v) is 10.7. The van der Waals surface area contributed by atoms with Gasteiger partial charge < -0.3 is 9.80 Å². The predicted octanol–water partition coefficient (Wildman–Crippen LogP) is 3.07. The zero-order chi connectivity index (χ0) is 21.7. The quantitative estimate of drug-likeness (QED) is 0.641. The lowest BCUT2D eigenvalue weighted by atomic mass is 10.2. The van der Waals surface area contributed by atoms with Gasteiger partial charge in [-0.15, -0.1) is 11.3 Å². The van der Waals surface area contributed by atoms with Gasteiger partial charge in [0.25, 0.3) is 0 Å². The molecule has 0 saturated carbocycles. The van der Waals surface area contributed by atoms with Gasteiger partial charge in [-0.25, -0.2) is 13.4 Å². The minimum Gasteiger partial charge on any atom is -0.345 e. The van der Waals surface area contributed by atoms with Crippen LogP contribution in [0.1, 0.15) is 31.2 Å². The van der Waals surface area contributed by atoms with E-state index in [-0.39, 0.29) is 5.91 Å². The van der Waals surface area contributed by atoms with Gasteiger partial charge in [-0.05, 0) is 36.6 Å². The van der Waals surface area contributed by atoms with Crippen molar-refractivity contribution in [1.82, 2.24) is 14.2 Å². The van der Waals surface area contributed by atoms with Crippen molar-refractivity contribution in [2.45, 2.75) is 30.6 Å². The molecule has 0 unspecified atom stereocenters. The molecular weight excluding hydrogens is 432 g/mol. The van der Waals surface area contributed by atoms with Crippen LogP contribution in [0.5, 0.6) is 0 Å². The second-order valence-electron chi connectivity index (χ2n) is 7.85. The average molecular weight is 461 g/mol. The lowest BCUT2D eigenvalue weighted by molar-refractivity contribution is -0.126. The van der Waals surface area contributed by atoms with E-state index in [2.05, 4.69) is 9.88 Å². The molecule has 0 atom stereocenters. The fourth-order valence-corrected chi connectivity index (χ4v) is 6.16. The summed E-state index contributed by atoms with van der Waals surface area (Å²) in [5.41, 5.74) is 0.810. The number of rotatable bonds is 5. The minimum atomic E-state index is -3.45. The zero-order valence-electron chi connectivity index (χ0n) is 17.5. The van der Waals surface area contributed by atoms with E-state index in [4.69, 9.17) is 0 Å². The first-order valence-corrected chi connectivity index (χ1v) is 13.1. The van der Waals surface area contributed by atoms with Crippen molar-refractivity contribution < 1.29 is 13.2 Å². The summed E-state index contributed by atoms with van der Waals surface area (Å²) in [5, 5.41) is 2.96. The summed E-state index contributed by atoms with van der Waals surface area (Å²) in [6.45, 7) is 4.06. The van der Waals surface area contributed by atoms with Gasteiger partial charge in [0.15, 0.2) is 5.13 Å². The molecular formula is C22H28N4O3S2. The fraction of sp³-hybridized carbons (Fsp3) is 0.455. The normalized spacial score (nSPS) is 19.0. The van der Waals surface area contributed by atoms with E-state index in [1.807, 2.05) is 10.3 Å². The van der Waals surface area contributed by atoms with E-state index in [0.717, 1.165) is 49.5 Å². The van der Waals surface area contributed by atoms with Crippen molar-refractivity contribution >= 4 is 38.5 Å². The first-order valence-electron chi connectivity index (χ1n) is 10.8. The van der Waals surface area contributed by atoms with E-state index < -0.39 is 10.0 Å². The number of hydrogen-bond acceptors (Lipinski definition) is 6. The Morgan fingerprint density at radius 2 is 1.61 bits per heavy atom. The Labute approximate surface area is 188 Å². The van der Waals surface area contributed by atoms with E-state index in [9.17, 15) is 13.2 Å². The van der Waals surface area contributed by atoms with Gasteiger partial charge >= 0.3 is 0 Å². The van der Waals surface area contributed by atoms with Crippen molar-refractivity contribution in [3.63, 3.8) is 0 Å². The number of piperazine rings is 1. The van der Waals surface area contributed by atoms with E-state index in [0.29, 0.717) is 31.1 Å². The summed E-state index contributed by atoms with van der Waals surface area (Å²) in [7, 11) is -3.45. The van der Waals surface area contributed by atoms with Gasteiger partial charge in [0, 0.05) is 56.9 Å². The summed E-state index contributed by atoms with van der Waals surface area (Å²) >= 11 is 1.61. The molecule has 4 rings (SSSR count). The molecule has 31 heavy (non-hydrogen) atoms. The number of anilines is 1. The lowest BCUT2D eigenvalue weighted by Crippen LogP contribution is -2.48. The highest BCUT2D eigenvalue weighted by Gasteiger charge is 2.25. The fourth-order valence-electron chi connectivity index (χ4n) is 3.95. The molecule has 9 heteroatoms. The Kier molecular flexibility index (Phi) is 7.04. The van der Waals surface area contributed by atoms with E-state index in [1.54, 1.807) is 58.3 Å². The number of carbonyl (C=O) groups is 1. The maximum Gasteiger partial charge on any atom is 0.246 e. The van der Waals surface area contributed by atoms with Crippen LogP contribution in [-0.4, -0.2) is 67.8 Å². The van der Waals surface area contributed by atoms with Crippen LogP contribution in [0.2, 0.25) is 0 Å². The molecule has 2 aliphatic heterocycles. The van der Waals surface area contributed by atoms with Gasteiger partial charge in [-0.3, -0.25) is 4.79 Å². The zero-order valence-corrected chi connectivity index (χ0v) is 19.2. The van der Waals surface area contributed by atoms with Gasteiger partial charge in [-0.1, -0.05) is 25.0 Å². The molecule has 0 radical (unpaired) electrons. The van der Waals surface area contributed by atoms with Crippen LogP contribution in [0.25, 0.3) is 6.08 Å². The minimum absolute atomic E-state index is 0.0277. The molecule has 1 aromatic carbocycles. The SMILES string of the molecule is O=C(/C=C/c1ccc(S(=O)(=O)N2CCCCCC2)cc1)N1CCN(c2nccs2)CC1. The number of hydrogen-bond donors (Lipinski definition) is 0. The summed E-state index contributed by atoms with van der Waals surface area (Å²) < 4.78 is 27.3. The van der Waals surface area contributed by atoms with Gasteiger partial charge in [-0.2, -0.15) is 4.31 Å². The predicted molar refractivity (Wildman–Crippen MR) is 124 cm³/mol. The van der Waals surface area contributed by atoms with Crippen molar-refractivity contribution in [2.24, 2.45) is 0 Å². The Hall–Kier alpha value is -2.23. The topological polar surface area (TPSA) is 73.8 Å². The highest BCUT2D eigenvalue weighted by Crippen LogP contribution is 2.21. The number of aromatic nitrogens is 1. The van der Waals surface area contributed by atoms with Crippen LogP contribution in [0.15, 0.2) is 46.8 Å². The first-order chi connectivity index (χ1) is 15.0. The third-order valence-corrected chi connectivity index (χ3v) is 8.53. The third kappa shape index (κ3) is 5.34. The summed E-state index contributed by atoms with van der Waals surface area (Å²) in [6.07, 6.45) is 9.12. The molecule has 1 amide bonds. The largest absolute Gasteiger partial charge is 0.345 e. The molecule has 0 aliphatic carbocycles. The number of thiazole rings is 1. The summed E-state index contributed by atoms with van der Waals surface area (Å²) in [6, 6.07) is 6.79. The van der Waals surface area contributed by atoms with Crippen LogP contribution in [0.4, 0.5) is 5.13 Å². The number of benzene rings is 1. The molecule has 2 fully saturated rings. The Balaban J connectivity index is 1.33. The molecule has 1 aromatic heterocycles. The van der Waals surface area contributed by atoms with Crippen LogP contribution in [0, 0.1) is 0 Å². The van der Waals surface area contributed by atoms with Gasteiger partial charge in [0.2, 0.25) is 15.9 Å². The van der Waals surface area contributed by atoms with E-state index >= 15 is 0 Å². The van der Waals surface area contributed by atoms with Crippen LogP contribution in [-0.2, 0) is 14.8 Å². The standard InChI is InChI=1S/C22H28N4O3S2/c27-21(24-14-16-25(17-15-24)22-23-11-18-30-22)10-7-19-5-8-20(9-6-19)31(28,29)26-12-3-1-2-4-13-26/h5-11,18H,1-4,12-17H2/b10-7+. The highest BCUT2D eigenvalue weighted by atomic mass is 32.2. The first kappa shape index (κ1) is 22.0. The van der Waals surface area contributed by atoms with Crippen molar-refractivity contribution in [3.8, 4) is 0 Å². The monoisotopic (exact) mass is 460 g/mol. The molecule has 2 aliphatic rings. The molecule has 3 heterocycles. The molecule has 0 spiro atoms. The Bertz CT molecular complexity index is 988. The summed E-state index contributed by atoms with van der Waals surface area (Å²) in [5.74, 6) is -0.0277. The maximum absolute atomic E-state index is 12.9. The highest BCUT2D eigenvalue weighted by molar-refractivity contribution is 7.89. The van der Waals surface area contributed by atoms with Crippen LogP contribution >= 0.6 is 11.3 Å². The lowest BCUT2D eigenvalue weighted by Gasteiger charge is -2.34. The van der Waals surface area contributed by atoms with Crippen LogP contribution < -0.4 is 4.90 Å². The molecule has 166 valence electrons. The Morgan fingerprint density at radius 3 is 2.23 bits per heavy atom. The number of nitrogens with zero attached hydrogens (tertiary/aromatic N) is 4. The van der Waals surface area contributed by atoms with Crippen molar-refractivity contribution in [1.29, 1.82) is 0 Å². The van der Waals surface area contributed by atoms with E-state index in [1.165, 1.54) is 0 Å². The molecule has 2 aromatic rings. The second kappa shape index (κ2) is 9.93. The molecule has 7 nitrogen and oxygen atoms in total. The number of amides is 1. The summed E-state index contributed by atoms with van der Waals surface area (Å²) in [4.78, 5) is 21.2. The molecule has 2 saturated heterocycles.